The fourth-order valence-electron chi connectivity index (χ4n) is 0.679. The lowest BCUT2D eigenvalue weighted by molar-refractivity contribution is 1.47. The fraction of sp³-hybridized carbons (Fsp3) is 0. The van der Waals surface area contributed by atoms with Crippen LogP contribution in [-0.4, -0.2) is 0 Å². The Morgan fingerprint density at radius 1 is 1.55 bits per heavy atom. The Balaban J connectivity index is 3.44. The molecule has 0 aliphatic rings. The number of anilines is 1. The van der Waals surface area contributed by atoms with Crippen LogP contribution < -0.4 is 5.73 Å². The fourth-order valence-corrected chi connectivity index (χ4v) is 1.22. The Morgan fingerprint density at radius 2 is 2.18 bits per heavy atom. The molecule has 0 bridgehead atoms. The zero-order chi connectivity index (χ0) is 8.43. The van der Waals surface area contributed by atoms with E-state index in [0.717, 1.165) is 0 Å². The van der Waals surface area contributed by atoms with Crippen LogP contribution in [0.3, 0.4) is 0 Å². The minimum atomic E-state index is 0.320. The average Bonchev–Trinajstić information content (AvgIpc) is 1.99. The van der Waals surface area contributed by atoms with Gasteiger partial charge in [-0.15, -0.1) is 0 Å². The van der Waals surface area contributed by atoms with E-state index in [9.17, 15) is 0 Å². The largest absolute Gasteiger partial charge is 0.398 e. The van der Waals surface area contributed by atoms with Gasteiger partial charge in [-0.05, 0) is 28.1 Å². The lowest BCUT2D eigenvalue weighted by atomic mass is 10.2. The highest BCUT2D eigenvalue weighted by molar-refractivity contribution is 9.10. The van der Waals surface area contributed by atoms with Crippen LogP contribution in [0.15, 0.2) is 16.6 Å². The third-order valence-corrected chi connectivity index (χ3v) is 2.52. The van der Waals surface area contributed by atoms with Crippen LogP contribution in [-0.2, 0) is 0 Å². The number of halogens is 2. The van der Waals surface area contributed by atoms with Crippen molar-refractivity contribution >= 4 is 33.2 Å². The van der Waals surface area contributed by atoms with Crippen molar-refractivity contribution in [2.75, 3.05) is 5.73 Å². The molecule has 0 saturated heterocycles. The predicted molar refractivity (Wildman–Crippen MR) is 48.3 cm³/mol. The summed E-state index contributed by atoms with van der Waals surface area (Å²) in [6.45, 7) is 0. The van der Waals surface area contributed by atoms with Crippen molar-refractivity contribution < 1.29 is 0 Å². The van der Waals surface area contributed by atoms with E-state index in [1.54, 1.807) is 12.1 Å². The molecule has 1 aromatic rings. The number of nitrogens with zero attached hydrogens (tertiary/aromatic N) is 1. The summed E-state index contributed by atoms with van der Waals surface area (Å²) in [5, 5.41) is 8.96. The minimum absolute atomic E-state index is 0.320. The Kier molecular flexibility index (Phi) is 2.38. The smallest absolute Gasteiger partial charge is 0.103 e. The molecule has 0 unspecified atom stereocenters. The Morgan fingerprint density at radius 3 is 2.64 bits per heavy atom. The molecule has 0 spiro atoms. The molecule has 0 atom stereocenters. The summed E-state index contributed by atoms with van der Waals surface area (Å²) in [7, 11) is 0. The zero-order valence-electron chi connectivity index (χ0n) is 5.44. The Bertz CT molecular complexity index is 330. The SMILES string of the molecule is N#Cc1c(N)ccc(Br)c1Cl. The van der Waals surface area contributed by atoms with E-state index in [2.05, 4.69) is 15.9 Å². The summed E-state index contributed by atoms with van der Waals surface area (Å²) in [5.41, 5.74) is 6.20. The first-order valence-corrected chi connectivity index (χ1v) is 3.97. The summed E-state index contributed by atoms with van der Waals surface area (Å²) in [6, 6.07) is 5.26. The molecule has 11 heavy (non-hydrogen) atoms. The number of hydrogen-bond acceptors (Lipinski definition) is 2. The van der Waals surface area contributed by atoms with Gasteiger partial charge in [-0.3, -0.25) is 0 Å². The highest BCUT2D eigenvalue weighted by Crippen LogP contribution is 2.29. The van der Waals surface area contributed by atoms with Crippen molar-refractivity contribution in [3.63, 3.8) is 0 Å². The molecule has 56 valence electrons. The summed E-state index contributed by atoms with van der Waals surface area (Å²) in [5.74, 6) is 0. The van der Waals surface area contributed by atoms with Crippen LogP contribution in [0.2, 0.25) is 5.02 Å². The molecule has 0 aliphatic heterocycles. The summed E-state index contributed by atoms with van der Waals surface area (Å²) >= 11 is 8.93. The number of nitriles is 1. The van der Waals surface area contributed by atoms with Gasteiger partial charge in [0.2, 0.25) is 0 Å². The lowest BCUT2D eigenvalue weighted by Gasteiger charge is -2.00. The van der Waals surface area contributed by atoms with E-state index in [0.29, 0.717) is 20.7 Å². The van der Waals surface area contributed by atoms with Crippen molar-refractivity contribution in [1.82, 2.24) is 0 Å². The molecular weight excluding hydrogens is 227 g/mol. The highest BCUT2D eigenvalue weighted by Gasteiger charge is 2.06. The van der Waals surface area contributed by atoms with Gasteiger partial charge in [-0.2, -0.15) is 5.26 Å². The van der Waals surface area contributed by atoms with Gasteiger partial charge < -0.3 is 5.73 Å². The summed E-state index contributed by atoms with van der Waals surface area (Å²) < 4.78 is 0.685. The van der Waals surface area contributed by atoms with Crippen molar-refractivity contribution in [2.45, 2.75) is 0 Å². The van der Waals surface area contributed by atoms with Crippen LogP contribution in [0.4, 0.5) is 5.69 Å². The van der Waals surface area contributed by atoms with Gasteiger partial charge >= 0.3 is 0 Å². The average molecular weight is 231 g/mol. The maximum absolute atomic E-state index is 8.59. The van der Waals surface area contributed by atoms with Crippen LogP contribution >= 0.6 is 27.5 Å². The van der Waals surface area contributed by atoms with Crippen LogP contribution in [0, 0.1) is 11.3 Å². The number of nitrogen functional groups attached to an aromatic ring is 1. The first-order valence-electron chi connectivity index (χ1n) is 2.80. The minimum Gasteiger partial charge on any atom is -0.398 e. The molecule has 4 heteroatoms. The molecule has 0 amide bonds. The topological polar surface area (TPSA) is 49.8 Å². The highest BCUT2D eigenvalue weighted by atomic mass is 79.9. The van der Waals surface area contributed by atoms with Gasteiger partial charge in [0.15, 0.2) is 0 Å². The van der Waals surface area contributed by atoms with E-state index in [-0.39, 0.29) is 0 Å². The number of nitrogens with two attached hydrogens (primary N) is 1. The van der Waals surface area contributed by atoms with Gasteiger partial charge in [-0.25, -0.2) is 0 Å². The molecule has 2 nitrogen and oxygen atoms in total. The van der Waals surface area contributed by atoms with Crippen LogP contribution in [0.5, 0.6) is 0 Å². The van der Waals surface area contributed by atoms with Gasteiger partial charge in [0.05, 0.1) is 16.3 Å². The Labute approximate surface area is 77.7 Å². The van der Waals surface area contributed by atoms with Crippen molar-refractivity contribution in [2.24, 2.45) is 0 Å². The van der Waals surface area contributed by atoms with E-state index >= 15 is 0 Å². The maximum Gasteiger partial charge on any atom is 0.103 e. The monoisotopic (exact) mass is 230 g/mol. The lowest BCUT2D eigenvalue weighted by Crippen LogP contribution is -1.90. The first kappa shape index (κ1) is 8.38. The van der Waals surface area contributed by atoms with Gasteiger partial charge in [0.25, 0.3) is 0 Å². The van der Waals surface area contributed by atoms with Gasteiger partial charge in [0.1, 0.15) is 6.07 Å². The molecule has 2 N–H and O–H groups in total. The molecule has 0 radical (unpaired) electrons. The van der Waals surface area contributed by atoms with E-state index < -0.39 is 0 Å². The molecule has 1 aromatic carbocycles. The predicted octanol–water partition coefficient (Wildman–Crippen LogP) is 2.56. The zero-order valence-corrected chi connectivity index (χ0v) is 7.78. The van der Waals surface area contributed by atoms with Crippen LogP contribution in [0.25, 0.3) is 0 Å². The molecule has 0 heterocycles. The van der Waals surface area contributed by atoms with Crippen molar-refractivity contribution in [3.05, 3.63) is 27.2 Å². The molecule has 1 rings (SSSR count). The third kappa shape index (κ3) is 1.47. The quantitative estimate of drug-likeness (QED) is 0.698. The van der Waals surface area contributed by atoms with Crippen LogP contribution in [0.1, 0.15) is 5.56 Å². The molecule has 0 aromatic heterocycles. The molecule has 0 aliphatic carbocycles. The summed E-state index contributed by atoms with van der Waals surface area (Å²) in [6.07, 6.45) is 0. The standard InChI is InChI=1S/C7H4BrClN2/c8-5-1-2-6(11)4(3-10)7(5)9/h1-2H,11H2. The normalized spacial score (nSPS) is 9.18. The molecular formula is C7H4BrClN2. The van der Waals surface area contributed by atoms with E-state index in [4.69, 9.17) is 22.6 Å². The maximum atomic E-state index is 8.59. The number of benzene rings is 1. The number of hydrogen-bond donors (Lipinski definition) is 1. The second-order valence-corrected chi connectivity index (χ2v) is 3.17. The first-order chi connectivity index (χ1) is 5.16. The molecule has 0 saturated carbocycles. The van der Waals surface area contributed by atoms with Crippen molar-refractivity contribution in [3.8, 4) is 6.07 Å². The third-order valence-electron chi connectivity index (χ3n) is 1.24. The summed E-state index contributed by atoms with van der Waals surface area (Å²) in [4.78, 5) is 0. The second-order valence-electron chi connectivity index (χ2n) is 1.94. The van der Waals surface area contributed by atoms with Gasteiger partial charge in [-0.1, -0.05) is 11.6 Å². The van der Waals surface area contributed by atoms with E-state index in [1.807, 2.05) is 6.07 Å². The van der Waals surface area contributed by atoms with E-state index in [1.165, 1.54) is 0 Å². The molecule has 0 fully saturated rings. The Hall–Kier alpha value is -0.720. The van der Waals surface area contributed by atoms with Gasteiger partial charge in [0, 0.05) is 4.47 Å². The second kappa shape index (κ2) is 3.12. The number of rotatable bonds is 0. The van der Waals surface area contributed by atoms with Crippen molar-refractivity contribution in [1.29, 1.82) is 5.26 Å².